The van der Waals surface area contributed by atoms with Crippen LogP contribution in [-0.4, -0.2) is 41.5 Å². The molecule has 0 atom stereocenters. The van der Waals surface area contributed by atoms with Crippen LogP contribution in [0.2, 0.25) is 0 Å². The van der Waals surface area contributed by atoms with E-state index in [-0.39, 0.29) is 25.0 Å². The van der Waals surface area contributed by atoms with Crippen molar-refractivity contribution in [2.45, 2.75) is 6.92 Å². The molecule has 0 aliphatic rings. The summed E-state index contributed by atoms with van der Waals surface area (Å²) >= 11 is 0. The maximum Gasteiger partial charge on any atom is 0.254 e. The second-order valence-corrected chi connectivity index (χ2v) is 4.02. The van der Waals surface area contributed by atoms with Crippen LogP contribution in [0.5, 0.6) is 0 Å². The van der Waals surface area contributed by atoms with Crippen molar-refractivity contribution in [3.63, 3.8) is 0 Å². The van der Waals surface area contributed by atoms with Crippen molar-refractivity contribution in [3.8, 4) is 0 Å². The van der Waals surface area contributed by atoms with Crippen molar-refractivity contribution in [1.29, 1.82) is 0 Å². The lowest BCUT2D eigenvalue weighted by atomic mass is 10.1. The first kappa shape index (κ1) is 14.9. The van der Waals surface area contributed by atoms with Gasteiger partial charge >= 0.3 is 0 Å². The van der Waals surface area contributed by atoms with E-state index >= 15 is 0 Å². The van der Waals surface area contributed by atoms with Gasteiger partial charge in [-0.3, -0.25) is 9.59 Å². The standard InChI is InChI=1S/C14H18N2O3/c1-3-8-16(9-10-17)14(19)12-4-6-13(7-5-12)15-11(2)18/h3-7,17H,1,8-10H2,2H3,(H,15,18). The van der Waals surface area contributed by atoms with Crippen molar-refractivity contribution in [2.24, 2.45) is 0 Å². The summed E-state index contributed by atoms with van der Waals surface area (Å²) in [6.45, 7) is 5.56. The molecule has 0 saturated heterocycles. The summed E-state index contributed by atoms with van der Waals surface area (Å²) in [6.07, 6.45) is 1.61. The van der Waals surface area contributed by atoms with Gasteiger partial charge in [0.1, 0.15) is 0 Å². The second kappa shape index (κ2) is 7.33. The molecule has 0 radical (unpaired) electrons. The normalized spacial score (nSPS) is 9.79. The number of anilines is 1. The van der Waals surface area contributed by atoms with E-state index in [1.165, 1.54) is 11.8 Å². The van der Waals surface area contributed by atoms with Crippen LogP contribution in [0, 0.1) is 0 Å². The molecule has 0 unspecified atom stereocenters. The molecule has 0 spiro atoms. The topological polar surface area (TPSA) is 69.6 Å². The number of rotatable bonds is 6. The van der Waals surface area contributed by atoms with Crippen LogP contribution in [0.4, 0.5) is 5.69 Å². The molecule has 2 N–H and O–H groups in total. The van der Waals surface area contributed by atoms with E-state index in [0.29, 0.717) is 17.8 Å². The lowest BCUT2D eigenvalue weighted by molar-refractivity contribution is -0.114. The quantitative estimate of drug-likeness (QED) is 0.758. The molecule has 2 amide bonds. The Bertz CT molecular complexity index is 454. The van der Waals surface area contributed by atoms with E-state index in [2.05, 4.69) is 11.9 Å². The SMILES string of the molecule is C=CCN(CCO)C(=O)c1ccc(NC(C)=O)cc1. The summed E-state index contributed by atoms with van der Waals surface area (Å²) in [6, 6.07) is 6.61. The van der Waals surface area contributed by atoms with Gasteiger partial charge in [-0.1, -0.05) is 6.08 Å². The summed E-state index contributed by atoms with van der Waals surface area (Å²) in [7, 11) is 0. The minimum absolute atomic E-state index is 0.0937. The van der Waals surface area contributed by atoms with Crippen LogP contribution >= 0.6 is 0 Å². The highest BCUT2D eigenvalue weighted by Crippen LogP contribution is 2.11. The van der Waals surface area contributed by atoms with Gasteiger partial charge in [-0.25, -0.2) is 0 Å². The monoisotopic (exact) mass is 262 g/mol. The summed E-state index contributed by atoms with van der Waals surface area (Å²) in [5.74, 6) is -0.337. The van der Waals surface area contributed by atoms with E-state index in [1.807, 2.05) is 0 Å². The van der Waals surface area contributed by atoms with E-state index < -0.39 is 0 Å². The summed E-state index contributed by atoms with van der Waals surface area (Å²) in [5.41, 5.74) is 1.14. The van der Waals surface area contributed by atoms with Gasteiger partial charge in [0.2, 0.25) is 5.91 Å². The van der Waals surface area contributed by atoms with E-state index in [1.54, 1.807) is 30.3 Å². The van der Waals surface area contributed by atoms with Crippen LogP contribution in [0.25, 0.3) is 0 Å². The largest absolute Gasteiger partial charge is 0.395 e. The third-order valence-corrected chi connectivity index (χ3v) is 2.46. The number of carbonyl (C=O) groups is 2. The number of amides is 2. The Morgan fingerprint density at radius 2 is 2.00 bits per heavy atom. The first-order valence-electron chi connectivity index (χ1n) is 5.97. The van der Waals surface area contributed by atoms with E-state index in [0.717, 1.165) is 0 Å². The number of carbonyl (C=O) groups excluding carboxylic acids is 2. The van der Waals surface area contributed by atoms with Crippen LogP contribution in [0.3, 0.4) is 0 Å². The highest BCUT2D eigenvalue weighted by Gasteiger charge is 2.13. The van der Waals surface area contributed by atoms with Crippen molar-refractivity contribution >= 4 is 17.5 Å². The molecule has 0 aromatic heterocycles. The molecule has 1 aromatic carbocycles. The lowest BCUT2D eigenvalue weighted by Gasteiger charge is -2.20. The van der Waals surface area contributed by atoms with Crippen molar-refractivity contribution < 1.29 is 14.7 Å². The molecule has 0 saturated carbocycles. The Morgan fingerprint density at radius 3 is 2.47 bits per heavy atom. The van der Waals surface area contributed by atoms with E-state index in [9.17, 15) is 9.59 Å². The van der Waals surface area contributed by atoms with Gasteiger partial charge < -0.3 is 15.3 Å². The minimum atomic E-state index is -0.177. The molecule has 0 fully saturated rings. The number of hydrogen-bond acceptors (Lipinski definition) is 3. The van der Waals surface area contributed by atoms with Gasteiger partial charge in [-0.2, -0.15) is 0 Å². The summed E-state index contributed by atoms with van der Waals surface area (Å²) < 4.78 is 0. The molecule has 5 heteroatoms. The Kier molecular flexibility index (Phi) is 5.75. The lowest BCUT2D eigenvalue weighted by Crippen LogP contribution is -2.33. The maximum absolute atomic E-state index is 12.1. The molecular weight excluding hydrogens is 244 g/mol. The van der Waals surface area contributed by atoms with Gasteiger partial charge in [0, 0.05) is 31.3 Å². The van der Waals surface area contributed by atoms with Crippen molar-refractivity contribution in [2.75, 3.05) is 25.0 Å². The second-order valence-electron chi connectivity index (χ2n) is 4.02. The zero-order valence-corrected chi connectivity index (χ0v) is 10.9. The smallest absolute Gasteiger partial charge is 0.254 e. The number of hydrogen-bond donors (Lipinski definition) is 2. The van der Waals surface area contributed by atoms with Crippen LogP contribution in [0.1, 0.15) is 17.3 Å². The first-order chi connectivity index (χ1) is 9.08. The van der Waals surface area contributed by atoms with Crippen LogP contribution in [0.15, 0.2) is 36.9 Å². The molecular formula is C14H18N2O3. The molecule has 1 aromatic rings. The zero-order valence-electron chi connectivity index (χ0n) is 10.9. The molecule has 0 aliphatic carbocycles. The molecule has 0 aliphatic heterocycles. The average Bonchev–Trinajstić information content (AvgIpc) is 2.38. The minimum Gasteiger partial charge on any atom is -0.395 e. The predicted molar refractivity (Wildman–Crippen MR) is 73.9 cm³/mol. The molecule has 0 heterocycles. The Hall–Kier alpha value is -2.14. The highest BCUT2D eigenvalue weighted by molar-refractivity contribution is 5.95. The number of nitrogens with one attached hydrogen (secondary N) is 1. The van der Waals surface area contributed by atoms with Gasteiger partial charge in [0.25, 0.3) is 5.91 Å². The number of benzene rings is 1. The van der Waals surface area contributed by atoms with E-state index in [4.69, 9.17) is 5.11 Å². The molecule has 5 nitrogen and oxygen atoms in total. The summed E-state index contributed by atoms with van der Waals surface area (Å²) in [5, 5.41) is 11.6. The predicted octanol–water partition coefficient (Wildman–Crippen LogP) is 1.27. The fourth-order valence-electron chi connectivity index (χ4n) is 1.63. The average molecular weight is 262 g/mol. The third kappa shape index (κ3) is 4.56. The Labute approximate surface area is 112 Å². The maximum atomic E-state index is 12.1. The van der Waals surface area contributed by atoms with Crippen molar-refractivity contribution in [1.82, 2.24) is 4.90 Å². The zero-order chi connectivity index (χ0) is 14.3. The third-order valence-electron chi connectivity index (χ3n) is 2.46. The van der Waals surface area contributed by atoms with Gasteiger partial charge in [-0.05, 0) is 24.3 Å². The fraction of sp³-hybridized carbons (Fsp3) is 0.286. The highest BCUT2D eigenvalue weighted by atomic mass is 16.3. The van der Waals surface area contributed by atoms with Crippen LogP contribution in [-0.2, 0) is 4.79 Å². The summed E-state index contributed by atoms with van der Waals surface area (Å²) in [4.78, 5) is 24.5. The van der Waals surface area contributed by atoms with Gasteiger partial charge in [-0.15, -0.1) is 6.58 Å². The fourth-order valence-corrected chi connectivity index (χ4v) is 1.63. The Balaban J connectivity index is 2.80. The number of aliphatic hydroxyl groups is 1. The van der Waals surface area contributed by atoms with Gasteiger partial charge in [0.05, 0.1) is 6.61 Å². The first-order valence-corrected chi connectivity index (χ1v) is 5.97. The molecule has 19 heavy (non-hydrogen) atoms. The Morgan fingerprint density at radius 1 is 1.37 bits per heavy atom. The molecule has 1 rings (SSSR count). The van der Waals surface area contributed by atoms with Gasteiger partial charge in [0.15, 0.2) is 0 Å². The van der Waals surface area contributed by atoms with Crippen LogP contribution < -0.4 is 5.32 Å². The molecule has 102 valence electrons. The van der Waals surface area contributed by atoms with Crippen molar-refractivity contribution in [3.05, 3.63) is 42.5 Å². The number of aliphatic hydroxyl groups excluding tert-OH is 1. The number of nitrogens with zero attached hydrogens (tertiary/aromatic N) is 1. The molecule has 0 bridgehead atoms.